The van der Waals surface area contributed by atoms with Crippen molar-refractivity contribution in [2.45, 2.75) is 52.6 Å². The van der Waals surface area contributed by atoms with Gasteiger partial charge in [0.25, 0.3) is 5.91 Å². The van der Waals surface area contributed by atoms with Crippen LogP contribution in [0.4, 0.5) is 0 Å². The first kappa shape index (κ1) is 15.2. The largest absolute Gasteiger partial charge is 0.480 e. The first-order valence-corrected chi connectivity index (χ1v) is 6.50. The van der Waals surface area contributed by atoms with E-state index in [1.165, 1.54) is 13.1 Å². The Morgan fingerprint density at radius 2 is 2.00 bits per heavy atom. The fraction of sp³-hybridized carbons (Fsp3) is 0.615. The van der Waals surface area contributed by atoms with Crippen LogP contribution in [0, 0.1) is 6.92 Å². The minimum absolute atomic E-state index is 0.262. The van der Waals surface area contributed by atoms with Crippen LogP contribution in [-0.4, -0.2) is 32.8 Å². The zero-order valence-electron chi connectivity index (χ0n) is 11.8. The normalized spacial score (nSPS) is 12.5. The van der Waals surface area contributed by atoms with Gasteiger partial charge in [-0.1, -0.05) is 13.8 Å². The van der Waals surface area contributed by atoms with Crippen LogP contribution < -0.4 is 5.32 Å². The third-order valence-electron chi connectivity index (χ3n) is 3.30. The van der Waals surface area contributed by atoms with Crippen molar-refractivity contribution < 1.29 is 14.7 Å². The monoisotopic (exact) mass is 267 g/mol. The maximum absolute atomic E-state index is 12.0. The van der Waals surface area contributed by atoms with E-state index in [9.17, 15) is 9.59 Å². The number of amides is 1. The van der Waals surface area contributed by atoms with Crippen molar-refractivity contribution in [3.05, 3.63) is 17.5 Å². The van der Waals surface area contributed by atoms with Crippen LogP contribution in [0.1, 0.15) is 55.7 Å². The summed E-state index contributed by atoms with van der Waals surface area (Å²) in [5, 5.41) is 15.5. The van der Waals surface area contributed by atoms with E-state index >= 15 is 0 Å². The number of carboxylic acids is 1. The number of aliphatic carboxylic acids is 1. The zero-order valence-corrected chi connectivity index (χ0v) is 11.8. The Morgan fingerprint density at radius 3 is 2.47 bits per heavy atom. The summed E-state index contributed by atoms with van der Waals surface area (Å²) in [6.45, 7) is 7.40. The van der Waals surface area contributed by atoms with Gasteiger partial charge in [-0.05, 0) is 26.7 Å². The molecule has 0 saturated heterocycles. The predicted molar refractivity (Wildman–Crippen MR) is 71.1 cm³/mol. The van der Waals surface area contributed by atoms with Gasteiger partial charge in [0.15, 0.2) is 0 Å². The van der Waals surface area contributed by atoms with Gasteiger partial charge in [-0.15, -0.1) is 0 Å². The number of rotatable bonds is 6. The molecule has 0 aliphatic carbocycles. The SMILES string of the molecule is CCC(CC)n1ncc(C(=O)N[C@@H](C)C(=O)O)c1C. The number of aromatic nitrogens is 2. The second kappa shape index (κ2) is 6.36. The van der Waals surface area contributed by atoms with Crippen molar-refractivity contribution >= 4 is 11.9 Å². The van der Waals surface area contributed by atoms with Gasteiger partial charge in [0, 0.05) is 5.69 Å². The zero-order chi connectivity index (χ0) is 14.6. The molecule has 0 aromatic carbocycles. The van der Waals surface area contributed by atoms with E-state index in [2.05, 4.69) is 24.3 Å². The number of carboxylic acid groups (broad SMARTS) is 1. The minimum atomic E-state index is -1.06. The van der Waals surface area contributed by atoms with Crippen LogP contribution in [0.15, 0.2) is 6.20 Å². The van der Waals surface area contributed by atoms with Gasteiger partial charge < -0.3 is 10.4 Å². The average Bonchev–Trinajstić information content (AvgIpc) is 2.73. The van der Waals surface area contributed by atoms with Gasteiger partial charge in [0.1, 0.15) is 6.04 Å². The highest BCUT2D eigenvalue weighted by atomic mass is 16.4. The molecule has 0 fully saturated rings. The van der Waals surface area contributed by atoms with E-state index in [-0.39, 0.29) is 6.04 Å². The molecule has 0 unspecified atom stereocenters. The highest BCUT2D eigenvalue weighted by Gasteiger charge is 2.20. The van der Waals surface area contributed by atoms with Crippen molar-refractivity contribution in [3.8, 4) is 0 Å². The number of hydrogen-bond acceptors (Lipinski definition) is 3. The Kier molecular flexibility index (Phi) is 5.09. The van der Waals surface area contributed by atoms with Crippen molar-refractivity contribution in [2.75, 3.05) is 0 Å². The molecule has 1 amide bonds. The molecule has 0 spiro atoms. The summed E-state index contributed by atoms with van der Waals surface area (Å²) in [6.07, 6.45) is 3.37. The number of nitrogens with one attached hydrogen (secondary N) is 1. The predicted octanol–water partition coefficient (Wildman–Crippen LogP) is 1.76. The Labute approximate surface area is 112 Å². The topological polar surface area (TPSA) is 84.2 Å². The summed E-state index contributed by atoms with van der Waals surface area (Å²) < 4.78 is 1.83. The van der Waals surface area contributed by atoms with Crippen LogP contribution in [-0.2, 0) is 4.79 Å². The first-order valence-electron chi connectivity index (χ1n) is 6.50. The molecule has 0 aliphatic heterocycles. The van der Waals surface area contributed by atoms with E-state index in [0.29, 0.717) is 5.56 Å². The molecule has 0 radical (unpaired) electrons. The molecule has 0 bridgehead atoms. The van der Waals surface area contributed by atoms with Crippen molar-refractivity contribution in [3.63, 3.8) is 0 Å². The summed E-state index contributed by atoms with van der Waals surface area (Å²) in [6, 6.07) is -0.651. The molecule has 6 nitrogen and oxygen atoms in total. The van der Waals surface area contributed by atoms with Crippen molar-refractivity contribution in [1.82, 2.24) is 15.1 Å². The molecule has 1 aromatic rings. The second-order valence-electron chi connectivity index (χ2n) is 4.59. The van der Waals surface area contributed by atoms with Crippen molar-refractivity contribution in [1.29, 1.82) is 0 Å². The lowest BCUT2D eigenvalue weighted by Gasteiger charge is -2.15. The molecule has 1 rings (SSSR count). The third-order valence-corrected chi connectivity index (χ3v) is 3.30. The minimum Gasteiger partial charge on any atom is -0.480 e. The summed E-state index contributed by atoms with van der Waals surface area (Å²) in [5.74, 6) is -1.46. The highest BCUT2D eigenvalue weighted by Crippen LogP contribution is 2.19. The Morgan fingerprint density at radius 1 is 1.42 bits per heavy atom. The highest BCUT2D eigenvalue weighted by molar-refractivity contribution is 5.97. The maximum atomic E-state index is 12.0. The van der Waals surface area contributed by atoms with Crippen LogP contribution in [0.3, 0.4) is 0 Å². The van der Waals surface area contributed by atoms with Crippen LogP contribution in [0.5, 0.6) is 0 Å². The van der Waals surface area contributed by atoms with E-state index in [4.69, 9.17) is 5.11 Å². The van der Waals surface area contributed by atoms with E-state index in [1.807, 2.05) is 11.6 Å². The fourth-order valence-electron chi connectivity index (χ4n) is 1.99. The first-order chi connectivity index (χ1) is 8.92. The summed E-state index contributed by atoms with van der Waals surface area (Å²) in [5.41, 5.74) is 1.20. The van der Waals surface area contributed by atoms with Gasteiger partial charge >= 0.3 is 5.97 Å². The molecule has 0 saturated carbocycles. The Bertz CT molecular complexity index is 464. The average molecular weight is 267 g/mol. The van der Waals surface area contributed by atoms with Gasteiger partial charge in [-0.2, -0.15) is 5.10 Å². The summed E-state index contributed by atoms with van der Waals surface area (Å²) >= 11 is 0. The molecule has 19 heavy (non-hydrogen) atoms. The Hall–Kier alpha value is -1.85. The summed E-state index contributed by atoms with van der Waals surface area (Å²) in [4.78, 5) is 22.7. The Balaban J connectivity index is 2.91. The van der Waals surface area contributed by atoms with Gasteiger partial charge in [-0.3, -0.25) is 14.3 Å². The van der Waals surface area contributed by atoms with E-state index in [0.717, 1.165) is 18.5 Å². The molecule has 1 atom stereocenters. The van der Waals surface area contributed by atoms with Crippen LogP contribution in [0.2, 0.25) is 0 Å². The fourth-order valence-corrected chi connectivity index (χ4v) is 1.99. The lowest BCUT2D eigenvalue weighted by Crippen LogP contribution is -2.38. The van der Waals surface area contributed by atoms with Gasteiger partial charge in [-0.25, -0.2) is 0 Å². The number of carbonyl (C=O) groups is 2. The van der Waals surface area contributed by atoms with E-state index < -0.39 is 17.9 Å². The molecular weight excluding hydrogens is 246 g/mol. The molecule has 1 heterocycles. The van der Waals surface area contributed by atoms with E-state index in [1.54, 1.807) is 0 Å². The molecule has 2 N–H and O–H groups in total. The molecule has 6 heteroatoms. The third kappa shape index (κ3) is 3.33. The van der Waals surface area contributed by atoms with Crippen LogP contribution in [0.25, 0.3) is 0 Å². The number of hydrogen-bond donors (Lipinski definition) is 2. The summed E-state index contributed by atoms with van der Waals surface area (Å²) in [7, 11) is 0. The molecule has 1 aromatic heterocycles. The molecule has 106 valence electrons. The molecular formula is C13H21N3O3. The second-order valence-corrected chi connectivity index (χ2v) is 4.59. The number of nitrogens with zero attached hydrogens (tertiary/aromatic N) is 2. The lowest BCUT2D eigenvalue weighted by molar-refractivity contribution is -0.138. The van der Waals surface area contributed by atoms with Crippen LogP contribution >= 0.6 is 0 Å². The molecule has 0 aliphatic rings. The van der Waals surface area contributed by atoms with Gasteiger partial charge in [0.2, 0.25) is 0 Å². The smallest absolute Gasteiger partial charge is 0.325 e. The lowest BCUT2D eigenvalue weighted by atomic mass is 10.1. The number of carbonyl (C=O) groups excluding carboxylic acids is 1. The quantitative estimate of drug-likeness (QED) is 0.822. The standard InChI is InChI=1S/C13H21N3O3/c1-5-10(6-2)16-9(4)11(7-14-16)12(17)15-8(3)13(18)19/h7-8,10H,5-6H2,1-4H3,(H,15,17)(H,18,19)/t8-/m0/s1. The van der Waals surface area contributed by atoms with Gasteiger partial charge in [0.05, 0.1) is 17.8 Å². The van der Waals surface area contributed by atoms with Crippen molar-refractivity contribution in [2.24, 2.45) is 0 Å². The maximum Gasteiger partial charge on any atom is 0.325 e.